The van der Waals surface area contributed by atoms with Crippen molar-refractivity contribution in [1.29, 1.82) is 0 Å². The Morgan fingerprint density at radius 1 is 1.04 bits per heavy atom. The van der Waals surface area contributed by atoms with Crippen LogP contribution in [0.1, 0.15) is 36.6 Å². The molecule has 0 saturated carbocycles. The molecule has 2 rings (SSSR count). The van der Waals surface area contributed by atoms with Crippen molar-refractivity contribution in [2.75, 3.05) is 5.32 Å². The predicted octanol–water partition coefficient (Wildman–Crippen LogP) is 3.37. The monoisotopic (exact) mass is 310 g/mol. The molecule has 2 aromatic rings. The van der Waals surface area contributed by atoms with E-state index in [-0.39, 0.29) is 6.04 Å². The summed E-state index contributed by atoms with van der Waals surface area (Å²) in [6.45, 7) is 5.88. The summed E-state index contributed by atoms with van der Waals surface area (Å²) in [6, 6.07) is 15.1. The van der Waals surface area contributed by atoms with E-state index in [1.54, 1.807) is 6.07 Å². The third-order valence-electron chi connectivity index (χ3n) is 3.72. The second-order valence-electron chi connectivity index (χ2n) is 5.61. The van der Waals surface area contributed by atoms with Crippen molar-refractivity contribution in [3.63, 3.8) is 0 Å². The molecule has 0 aliphatic rings. The first kappa shape index (κ1) is 16.7. The van der Waals surface area contributed by atoms with E-state index in [0.29, 0.717) is 5.69 Å². The Bertz CT molecular complexity index is 693. The summed E-state index contributed by atoms with van der Waals surface area (Å²) in [4.78, 5) is 24.0. The van der Waals surface area contributed by atoms with Gasteiger partial charge in [0.05, 0.1) is 6.04 Å². The quantitative estimate of drug-likeness (QED) is 0.851. The summed E-state index contributed by atoms with van der Waals surface area (Å²) in [7, 11) is 0. The van der Waals surface area contributed by atoms with Gasteiger partial charge in [0, 0.05) is 5.69 Å². The minimum Gasteiger partial charge on any atom is -0.341 e. The number of aryl methyl sites for hydroxylation is 2. The molecule has 0 aromatic heterocycles. The van der Waals surface area contributed by atoms with Crippen molar-refractivity contribution in [1.82, 2.24) is 5.32 Å². The van der Waals surface area contributed by atoms with E-state index >= 15 is 0 Å². The number of hydrogen-bond acceptors (Lipinski definition) is 2. The van der Waals surface area contributed by atoms with Crippen LogP contribution in [0.5, 0.6) is 0 Å². The lowest BCUT2D eigenvalue weighted by Crippen LogP contribution is -2.36. The highest BCUT2D eigenvalue weighted by molar-refractivity contribution is 6.39. The van der Waals surface area contributed by atoms with E-state index in [0.717, 1.165) is 17.5 Å². The van der Waals surface area contributed by atoms with E-state index < -0.39 is 11.8 Å². The molecule has 0 aliphatic heterocycles. The minimum atomic E-state index is -0.660. The summed E-state index contributed by atoms with van der Waals surface area (Å²) in [5, 5.41) is 5.32. The molecule has 0 heterocycles. The Morgan fingerprint density at radius 2 is 1.74 bits per heavy atom. The first-order valence-electron chi connectivity index (χ1n) is 7.77. The first-order chi connectivity index (χ1) is 11.0. The van der Waals surface area contributed by atoms with E-state index in [2.05, 4.69) is 17.6 Å². The fourth-order valence-corrected chi connectivity index (χ4v) is 2.30. The lowest BCUT2D eigenvalue weighted by Gasteiger charge is -2.14. The van der Waals surface area contributed by atoms with Gasteiger partial charge in [0.2, 0.25) is 0 Å². The molecule has 120 valence electrons. The Balaban J connectivity index is 1.95. The fraction of sp³-hybridized carbons (Fsp3) is 0.263. The van der Waals surface area contributed by atoms with E-state index in [1.807, 2.05) is 56.3 Å². The number of benzene rings is 2. The van der Waals surface area contributed by atoms with E-state index in [1.165, 1.54) is 5.56 Å². The smallest absolute Gasteiger partial charge is 0.313 e. The molecule has 1 atom stereocenters. The second kappa shape index (κ2) is 7.58. The zero-order chi connectivity index (χ0) is 16.8. The fourth-order valence-electron chi connectivity index (χ4n) is 2.30. The summed E-state index contributed by atoms with van der Waals surface area (Å²) in [5.74, 6) is -1.30. The predicted molar refractivity (Wildman–Crippen MR) is 92.2 cm³/mol. The van der Waals surface area contributed by atoms with Crippen LogP contribution in [0.4, 0.5) is 5.69 Å². The molecule has 23 heavy (non-hydrogen) atoms. The van der Waals surface area contributed by atoms with Crippen LogP contribution in [-0.4, -0.2) is 11.8 Å². The summed E-state index contributed by atoms with van der Waals surface area (Å²) < 4.78 is 0. The Labute approximate surface area is 136 Å². The maximum Gasteiger partial charge on any atom is 0.313 e. The Hall–Kier alpha value is -2.62. The van der Waals surface area contributed by atoms with Gasteiger partial charge in [-0.15, -0.1) is 0 Å². The van der Waals surface area contributed by atoms with Gasteiger partial charge in [0.1, 0.15) is 0 Å². The zero-order valence-corrected chi connectivity index (χ0v) is 13.7. The third-order valence-corrected chi connectivity index (χ3v) is 3.72. The molecular formula is C19H22N2O2. The lowest BCUT2D eigenvalue weighted by molar-refractivity contribution is -0.136. The van der Waals surface area contributed by atoms with Crippen LogP contribution in [0.2, 0.25) is 0 Å². The topological polar surface area (TPSA) is 58.2 Å². The number of rotatable bonds is 4. The Kier molecular flexibility index (Phi) is 5.52. The number of carbonyl (C=O) groups is 2. The highest BCUT2D eigenvalue weighted by Gasteiger charge is 2.17. The third kappa shape index (κ3) is 4.68. The lowest BCUT2D eigenvalue weighted by atomic mass is 10.1. The minimum absolute atomic E-state index is 0.225. The molecule has 0 aliphatic carbocycles. The number of amides is 2. The van der Waals surface area contributed by atoms with E-state index in [4.69, 9.17) is 0 Å². The molecule has 0 saturated heterocycles. The first-order valence-corrected chi connectivity index (χ1v) is 7.77. The van der Waals surface area contributed by atoms with Crippen LogP contribution >= 0.6 is 0 Å². The highest BCUT2D eigenvalue weighted by atomic mass is 16.2. The molecule has 0 radical (unpaired) electrons. The molecule has 2 amide bonds. The van der Waals surface area contributed by atoms with Gasteiger partial charge in [-0.1, -0.05) is 43.3 Å². The van der Waals surface area contributed by atoms with Gasteiger partial charge in [-0.2, -0.15) is 0 Å². The van der Waals surface area contributed by atoms with Crippen LogP contribution in [0.15, 0.2) is 48.5 Å². The van der Waals surface area contributed by atoms with Crippen molar-refractivity contribution in [3.8, 4) is 0 Å². The molecule has 0 bridgehead atoms. The van der Waals surface area contributed by atoms with Gasteiger partial charge in [-0.05, 0) is 49.1 Å². The van der Waals surface area contributed by atoms with Crippen LogP contribution < -0.4 is 10.6 Å². The van der Waals surface area contributed by atoms with Gasteiger partial charge >= 0.3 is 11.8 Å². The largest absolute Gasteiger partial charge is 0.341 e. The van der Waals surface area contributed by atoms with Crippen molar-refractivity contribution in [2.45, 2.75) is 33.2 Å². The second-order valence-corrected chi connectivity index (χ2v) is 5.61. The standard InChI is InChI=1S/C19H22N2O2/c1-4-15-8-10-16(11-9-15)14(3)20-18(22)19(23)21-17-7-5-6-13(2)12-17/h5-12,14H,4H2,1-3H3,(H,20,22)(H,21,23). The van der Waals surface area contributed by atoms with Crippen molar-refractivity contribution >= 4 is 17.5 Å². The van der Waals surface area contributed by atoms with Crippen LogP contribution in [0.25, 0.3) is 0 Å². The molecule has 0 fully saturated rings. The molecule has 1 unspecified atom stereocenters. The summed E-state index contributed by atoms with van der Waals surface area (Å²) in [6.07, 6.45) is 0.972. The van der Waals surface area contributed by atoms with Crippen LogP contribution in [0, 0.1) is 6.92 Å². The maximum absolute atomic E-state index is 12.0. The van der Waals surface area contributed by atoms with Crippen LogP contribution in [0.3, 0.4) is 0 Å². The highest BCUT2D eigenvalue weighted by Crippen LogP contribution is 2.14. The van der Waals surface area contributed by atoms with Crippen molar-refractivity contribution in [3.05, 3.63) is 65.2 Å². The van der Waals surface area contributed by atoms with Gasteiger partial charge in [-0.25, -0.2) is 0 Å². The van der Waals surface area contributed by atoms with Crippen molar-refractivity contribution < 1.29 is 9.59 Å². The number of nitrogens with one attached hydrogen (secondary N) is 2. The molecule has 4 nitrogen and oxygen atoms in total. The summed E-state index contributed by atoms with van der Waals surface area (Å²) >= 11 is 0. The molecular weight excluding hydrogens is 288 g/mol. The Morgan fingerprint density at radius 3 is 2.35 bits per heavy atom. The molecule has 4 heteroatoms. The SMILES string of the molecule is CCc1ccc(C(C)NC(=O)C(=O)Nc2cccc(C)c2)cc1. The van der Waals surface area contributed by atoms with Gasteiger partial charge in [-0.3, -0.25) is 9.59 Å². The normalized spacial score (nSPS) is 11.6. The van der Waals surface area contributed by atoms with E-state index in [9.17, 15) is 9.59 Å². The molecule has 0 spiro atoms. The summed E-state index contributed by atoms with van der Waals surface area (Å²) in [5.41, 5.74) is 3.85. The average Bonchev–Trinajstić information content (AvgIpc) is 2.54. The molecule has 2 aromatic carbocycles. The number of hydrogen-bond donors (Lipinski definition) is 2. The number of carbonyl (C=O) groups excluding carboxylic acids is 2. The number of anilines is 1. The average molecular weight is 310 g/mol. The van der Waals surface area contributed by atoms with Crippen LogP contribution in [-0.2, 0) is 16.0 Å². The maximum atomic E-state index is 12.0. The molecule has 2 N–H and O–H groups in total. The van der Waals surface area contributed by atoms with Crippen molar-refractivity contribution in [2.24, 2.45) is 0 Å². The van der Waals surface area contributed by atoms with Gasteiger partial charge in [0.15, 0.2) is 0 Å². The van der Waals surface area contributed by atoms with Gasteiger partial charge < -0.3 is 10.6 Å². The zero-order valence-electron chi connectivity index (χ0n) is 13.7. The van der Waals surface area contributed by atoms with Gasteiger partial charge in [0.25, 0.3) is 0 Å².